The first-order chi connectivity index (χ1) is 10.6. The number of morpholine rings is 1. The zero-order valence-corrected chi connectivity index (χ0v) is 13.1. The van der Waals surface area contributed by atoms with E-state index in [9.17, 15) is 4.79 Å². The van der Waals surface area contributed by atoms with Crippen molar-refractivity contribution in [3.63, 3.8) is 0 Å². The van der Waals surface area contributed by atoms with E-state index in [2.05, 4.69) is 16.8 Å². The van der Waals surface area contributed by atoms with Gasteiger partial charge in [-0.2, -0.15) is 0 Å². The summed E-state index contributed by atoms with van der Waals surface area (Å²) in [7, 11) is 1.76. The SMILES string of the molecule is C[C@@H]1[C@@H](C)OCCN1c1nc(-c2ccncc2)cc(=O)n1C. The summed E-state index contributed by atoms with van der Waals surface area (Å²) in [6.07, 6.45) is 3.51. The molecule has 1 aliphatic heterocycles. The molecule has 3 rings (SSSR count). The minimum atomic E-state index is -0.0665. The molecular formula is C16H20N4O2. The molecule has 3 heterocycles. The number of ether oxygens (including phenoxy) is 1. The molecule has 1 aliphatic rings. The van der Waals surface area contributed by atoms with Gasteiger partial charge in [0.15, 0.2) is 0 Å². The molecule has 1 fully saturated rings. The number of aromatic nitrogens is 3. The van der Waals surface area contributed by atoms with Gasteiger partial charge in [-0.15, -0.1) is 0 Å². The Bertz CT molecular complexity index is 714. The van der Waals surface area contributed by atoms with Gasteiger partial charge in [-0.25, -0.2) is 4.98 Å². The second-order valence-electron chi connectivity index (χ2n) is 5.58. The van der Waals surface area contributed by atoms with Gasteiger partial charge in [-0.05, 0) is 26.0 Å². The van der Waals surface area contributed by atoms with Crippen molar-refractivity contribution in [3.8, 4) is 11.3 Å². The molecule has 2 aromatic heterocycles. The number of nitrogens with zero attached hydrogens (tertiary/aromatic N) is 4. The van der Waals surface area contributed by atoms with Gasteiger partial charge in [0.05, 0.1) is 24.4 Å². The lowest BCUT2D eigenvalue weighted by atomic mass is 10.1. The van der Waals surface area contributed by atoms with Gasteiger partial charge in [0, 0.05) is 37.6 Å². The van der Waals surface area contributed by atoms with E-state index in [4.69, 9.17) is 9.72 Å². The highest BCUT2D eigenvalue weighted by molar-refractivity contribution is 5.59. The van der Waals surface area contributed by atoms with Crippen molar-refractivity contribution in [2.45, 2.75) is 26.0 Å². The van der Waals surface area contributed by atoms with Gasteiger partial charge in [0.1, 0.15) is 0 Å². The lowest BCUT2D eigenvalue weighted by molar-refractivity contribution is 0.0274. The Kier molecular flexibility index (Phi) is 3.94. The third kappa shape index (κ3) is 2.62. The Morgan fingerprint density at radius 1 is 1.27 bits per heavy atom. The third-order valence-electron chi connectivity index (χ3n) is 4.23. The van der Waals surface area contributed by atoms with E-state index in [0.29, 0.717) is 18.2 Å². The van der Waals surface area contributed by atoms with E-state index >= 15 is 0 Å². The Balaban J connectivity index is 2.08. The Labute approximate surface area is 129 Å². The molecule has 0 unspecified atom stereocenters. The van der Waals surface area contributed by atoms with Crippen LogP contribution in [0.1, 0.15) is 13.8 Å². The molecule has 0 saturated carbocycles. The van der Waals surface area contributed by atoms with Crippen molar-refractivity contribution in [1.82, 2.24) is 14.5 Å². The Hall–Kier alpha value is -2.21. The molecule has 0 spiro atoms. The molecular weight excluding hydrogens is 280 g/mol. The van der Waals surface area contributed by atoms with Gasteiger partial charge < -0.3 is 9.64 Å². The second-order valence-corrected chi connectivity index (χ2v) is 5.58. The molecule has 0 bridgehead atoms. The monoisotopic (exact) mass is 300 g/mol. The molecule has 0 N–H and O–H groups in total. The normalized spacial score (nSPS) is 21.9. The first-order valence-electron chi connectivity index (χ1n) is 7.44. The van der Waals surface area contributed by atoms with Gasteiger partial charge in [0.25, 0.3) is 5.56 Å². The van der Waals surface area contributed by atoms with Crippen LogP contribution >= 0.6 is 0 Å². The first-order valence-corrected chi connectivity index (χ1v) is 7.44. The topological polar surface area (TPSA) is 60.2 Å². The fourth-order valence-electron chi connectivity index (χ4n) is 2.67. The number of hydrogen-bond acceptors (Lipinski definition) is 5. The number of anilines is 1. The molecule has 0 amide bonds. The van der Waals surface area contributed by atoms with Crippen molar-refractivity contribution in [2.24, 2.45) is 7.05 Å². The summed E-state index contributed by atoms with van der Waals surface area (Å²) in [5.74, 6) is 0.682. The van der Waals surface area contributed by atoms with Crippen molar-refractivity contribution in [2.75, 3.05) is 18.1 Å². The summed E-state index contributed by atoms with van der Waals surface area (Å²) < 4.78 is 7.26. The van der Waals surface area contributed by atoms with Crippen LogP contribution in [0, 0.1) is 0 Å². The first kappa shape index (κ1) is 14.7. The predicted molar refractivity (Wildman–Crippen MR) is 84.9 cm³/mol. The van der Waals surface area contributed by atoms with E-state index in [-0.39, 0.29) is 17.7 Å². The zero-order chi connectivity index (χ0) is 15.7. The zero-order valence-electron chi connectivity index (χ0n) is 13.1. The maximum Gasteiger partial charge on any atom is 0.255 e. The van der Waals surface area contributed by atoms with Crippen LogP contribution in [0.25, 0.3) is 11.3 Å². The van der Waals surface area contributed by atoms with E-state index in [1.807, 2.05) is 19.1 Å². The summed E-state index contributed by atoms with van der Waals surface area (Å²) in [5.41, 5.74) is 1.50. The lowest BCUT2D eigenvalue weighted by Crippen LogP contribution is -2.50. The van der Waals surface area contributed by atoms with Crippen LogP contribution in [0.15, 0.2) is 35.4 Å². The average Bonchev–Trinajstić information content (AvgIpc) is 2.54. The van der Waals surface area contributed by atoms with Gasteiger partial charge >= 0.3 is 0 Å². The molecule has 0 aliphatic carbocycles. The fourth-order valence-corrected chi connectivity index (χ4v) is 2.67. The highest BCUT2D eigenvalue weighted by Crippen LogP contribution is 2.22. The smallest absolute Gasteiger partial charge is 0.255 e. The van der Waals surface area contributed by atoms with Crippen LogP contribution in [-0.4, -0.2) is 39.8 Å². The van der Waals surface area contributed by atoms with Gasteiger partial charge in [0.2, 0.25) is 5.95 Å². The standard InChI is InChI=1S/C16H20N4O2/c1-11-12(2)22-9-8-20(11)16-18-14(10-15(21)19(16)3)13-4-6-17-7-5-13/h4-7,10-12H,8-9H2,1-3H3/t11-,12-/m1/s1. The minimum Gasteiger partial charge on any atom is -0.375 e. The van der Waals surface area contributed by atoms with Crippen molar-refractivity contribution >= 4 is 5.95 Å². The van der Waals surface area contributed by atoms with Crippen LogP contribution < -0.4 is 10.5 Å². The second kappa shape index (κ2) is 5.88. The molecule has 2 atom stereocenters. The molecule has 0 aromatic carbocycles. The average molecular weight is 300 g/mol. The molecule has 0 radical (unpaired) electrons. The molecule has 2 aromatic rings. The van der Waals surface area contributed by atoms with Crippen molar-refractivity contribution in [1.29, 1.82) is 0 Å². The largest absolute Gasteiger partial charge is 0.375 e. The summed E-state index contributed by atoms with van der Waals surface area (Å²) >= 11 is 0. The third-order valence-corrected chi connectivity index (χ3v) is 4.23. The summed E-state index contributed by atoms with van der Waals surface area (Å²) in [6.45, 7) is 5.50. The summed E-state index contributed by atoms with van der Waals surface area (Å²) in [4.78, 5) is 23.2. The van der Waals surface area contributed by atoms with Crippen molar-refractivity contribution in [3.05, 3.63) is 40.9 Å². The Morgan fingerprint density at radius 2 is 2.00 bits per heavy atom. The van der Waals surface area contributed by atoms with Gasteiger partial charge in [-0.3, -0.25) is 14.3 Å². The summed E-state index contributed by atoms with van der Waals surface area (Å²) in [6, 6.07) is 5.45. The van der Waals surface area contributed by atoms with Crippen LogP contribution in [-0.2, 0) is 11.8 Å². The highest BCUT2D eigenvalue weighted by Gasteiger charge is 2.28. The van der Waals surface area contributed by atoms with Crippen LogP contribution in [0.2, 0.25) is 0 Å². The molecule has 6 nitrogen and oxygen atoms in total. The van der Waals surface area contributed by atoms with E-state index in [1.165, 1.54) is 0 Å². The van der Waals surface area contributed by atoms with E-state index in [0.717, 1.165) is 12.1 Å². The maximum atomic E-state index is 12.3. The lowest BCUT2D eigenvalue weighted by Gasteiger charge is -2.39. The number of pyridine rings is 1. The summed E-state index contributed by atoms with van der Waals surface area (Å²) in [5, 5.41) is 0. The van der Waals surface area contributed by atoms with E-state index < -0.39 is 0 Å². The Morgan fingerprint density at radius 3 is 2.73 bits per heavy atom. The molecule has 6 heteroatoms. The van der Waals surface area contributed by atoms with Crippen LogP contribution in [0.4, 0.5) is 5.95 Å². The number of hydrogen-bond donors (Lipinski definition) is 0. The number of rotatable bonds is 2. The van der Waals surface area contributed by atoms with Gasteiger partial charge in [-0.1, -0.05) is 0 Å². The van der Waals surface area contributed by atoms with Crippen LogP contribution in [0.5, 0.6) is 0 Å². The maximum absolute atomic E-state index is 12.3. The molecule has 116 valence electrons. The van der Waals surface area contributed by atoms with Crippen LogP contribution in [0.3, 0.4) is 0 Å². The van der Waals surface area contributed by atoms with E-state index in [1.54, 1.807) is 30.1 Å². The van der Waals surface area contributed by atoms with Crippen molar-refractivity contribution < 1.29 is 4.74 Å². The molecule has 22 heavy (non-hydrogen) atoms. The minimum absolute atomic E-state index is 0.0665. The fraction of sp³-hybridized carbons (Fsp3) is 0.438. The molecule has 1 saturated heterocycles. The predicted octanol–water partition coefficient (Wildman–Crippen LogP) is 1.46. The highest BCUT2D eigenvalue weighted by atomic mass is 16.5. The quantitative estimate of drug-likeness (QED) is 0.840.